The van der Waals surface area contributed by atoms with Crippen molar-refractivity contribution in [3.63, 3.8) is 0 Å². The van der Waals surface area contributed by atoms with Crippen LogP contribution in [0.15, 0.2) is 71.6 Å². The first-order valence-corrected chi connectivity index (χ1v) is 11.6. The molecule has 0 aliphatic rings. The minimum absolute atomic E-state index is 0.0124. The van der Waals surface area contributed by atoms with E-state index in [9.17, 15) is 22.8 Å². The van der Waals surface area contributed by atoms with Crippen LogP contribution in [0.4, 0.5) is 11.4 Å². The summed E-state index contributed by atoms with van der Waals surface area (Å²) in [5, 5.41) is 2.69. The van der Waals surface area contributed by atoms with E-state index in [4.69, 9.17) is 4.74 Å². The van der Waals surface area contributed by atoms with Crippen molar-refractivity contribution in [3.05, 3.63) is 83.4 Å². The number of anilines is 2. The molecule has 3 aromatic carbocycles. The van der Waals surface area contributed by atoms with Gasteiger partial charge in [-0.1, -0.05) is 12.1 Å². The number of carbonyl (C=O) groups excluding carboxylic acids is 3. The number of hydrogen-bond acceptors (Lipinski definition) is 8. The molecule has 2 N–H and O–H groups in total. The van der Waals surface area contributed by atoms with E-state index in [-0.39, 0.29) is 22.4 Å². The van der Waals surface area contributed by atoms with Crippen molar-refractivity contribution in [2.45, 2.75) is 4.90 Å². The lowest BCUT2D eigenvalue weighted by atomic mass is 10.1. The van der Waals surface area contributed by atoms with Crippen molar-refractivity contribution in [1.82, 2.24) is 0 Å². The predicted molar refractivity (Wildman–Crippen MR) is 127 cm³/mol. The number of sulfonamides is 1. The summed E-state index contributed by atoms with van der Waals surface area (Å²) < 4.78 is 43.1. The molecule has 3 rings (SSSR count). The standard InChI is InChI=1S/C24H22N2O8S/c1-32-18-10-8-17(9-11-18)25-22(27)20-6-4-5-7-21(20)26-35(30,31)19-13-15(23(28)33-2)12-16(14-19)24(29)34-3/h4-14,26H,1-3H3,(H,25,27). The third-order valence-electron chi connectivity index (χ3n) is 4.82. The molecule has 0 aliphatic carbocycles. The molecule has 11 heteroatoms. The first-order valence-electron chi connectivity index (χ1n) is 10.1. The van der Waals surface area contributed by atoms with Gasteiger partial charge in [-0.25, -0.2) is 18.0 Å². The van der Waals surface area contributed by atoms with Gasteiger partial charge in [-0.3, -0.25) is 9.52 Å². The normalized spacial score (nSPS) is 10.7. The Balaban J connectivity index is 1.95. The van der Waals surface area contributed by atoms with Gasteiger partial charge in [0.2, 0.25) is 0 Å². The average molecular weight is 499 g/mol. The van der Waals surface area contributed by atoms with Crippen LogP contribution in [0.5, 0.6) is 5.75 Å². The van der Waals surface area contributed by atoms with Gasteiger partial charge in [0.15, 0.2) is 0 Å². The van der Waals surface area contributed by atoms with Crippen LogP contribution >= 0.6 is 0 Å². The smallest absolute Gasteiger partial charge is 0.337 e. The molecule has 0 saturated carbocycles. The van der Waals surface area contributed by atoms with Crippen molar-refractivity contribution >= 4 is 39.2 Å². The summed E-state index contributed by atoms with van der Waals surface area (Å²) >= 11 is 0. The molecule has 0 saturated heterocycles. The molecule has 0 atom stereocenters. The Hall–Kier alpha value is -4.38. The summed E-state index contributed by atoms with van der Waals surface area (Å²) in [6.07, 6.45) is 0. The van der Waals surface area contributed by atoms with Gasteiger partial charge >= 0.3 is 11.9 Å². The number of rotatable bonds is 8. The summed E-state index contributed by atoms with van der Waals surface area (Å²) in [5.74, 6) is -1.64. The summed E-state index contributed by atoms with van der Waals surface area (Å²) in [4.78, 5) is 36.5. The number of para-hydroxylation sites is 1. The van der Waals surface area contributed by atoms with Crippen LogP contribution in [-0.4, -0.2) is 47.6 Å². The lowest BCUT2D eigenvalue weighted by Gasteiger charge is -2.14. The highest BCUT2D eigenvalue weighted by molar-refractivity contribution is 7.92. The third kappa shape index (κ3) is 5.95. The number of nitrogens with one attached hydrogen (secondary N) is 2. The van der Waals surface area contributed by atoms with Gasteiger partial charge in [-0.2, -0.15) is 0 Å². The van der Waals surface area contributed by atoms with Gasteiger partial charge in [-0.05, 0) is 54.6 Å². The number of methoxy groups -OCH3 is 3. The first-order chi connectivity index (χ1) is 16.7. The van der Waals surface area contributed by atoms with Gasteiger partial charge in [0, 0.05) is 5.69 Å². The maximum Gasteiger partial charge on any atom is 0.337 e. The molecular weight excluding hydrogens is 476 g/mol. The van der Waals surface area contributed by atoms with Gasteiger partial charge in [0.05, 0.1) is 48.6 Å². The molecule has 10 nitrogen and oxygen atoms in total. The van der Waals surface area contributed by atoms with Crippen molar-refractivity contribution < 1.29 is 37.0 Å². The van der Waals surface area contributed by atoms with Gasteiger partial charge in [0.25, 0.3) is 15.9 Å². The summed E-state index contributed by atoms with van der Waals surface area (Å²) in [7, 11) is -0.578. The fourth-order valence-electron chi connectivity index (χ4n) is 3.07. The molecule has 0 bridgehead atoms. The monoisotopic (exact) mass is 498 g/mol. The molecule has 0 unspecified atom stereocenters. The number of benzene rings is 3. The maximum absolute atomic E-state index is 13.2. The topological polar surface area (TPSA) is 137 Å². The van der Waals surface area contributed by atoms with E-state index in [1.54, 1.807) is 36.4 Å². The number of ether oxygens (including phenoxy) is 3. The fourth-order valence-corrected chi connectivity index (χ4v) is 4.22. The molecule has 3 aromatic rings. The van der Waals surface area contributed by atoms with Crippen LogP contribution in [0.3, 0.4) is 0 Å². The zero-order valence-corrected chi connectivity index (χ0v) is 19.8. The lowest BCUT2D eigenvalue weighted by molar-refractivity contribution is 0.0598. The Labute approximate surface area is 201 Å². The number of hydrogen-bond donors (Lipinski definition) is 2. The van der Waals surface area contributed by atoms with Crippen molar-refractivity contribution in [1.29, 1.82) is 0 Å². The second-order valence-electron chi connectivity index (χ2n) is 7.06. The first kappa shape index (κ1) is 25.2. The molecular formula is C24H22N2O8S. The van der Waals surface area contributed by atoms with E-state index in [2.05, 4.69) is 19.5 Å². The van der Waals surface area contributed by atoms with Crippen LogP contribution in [-0.2, 0) is 19.5 Å². The molecule has 0 aromatic heterocycles. The Morgan fingerprint density at radius 1 is 0.771 bits per heavy atom. The largest absolute Gasteiger partial charge is 0.497 e. The summed E-state index contributed by atoms with van der Waals surface area (Å²) in [6, 6.07) is 15.9. The second kappa shape index (κ2) is 10.7. The number of amides is 1. The fraction of sp³-hybridized carbons (Fsp3) is 0.125. The van der Waals surface area contributed by atoms with Crippen molar-refractivity contribution in [3.8, 4) is 5.75 Å². The van der Waals surface area contributed by atoms with E-state index < -0.39 is 32.8 Å². The molecule has 35 heavy (non-hydrogen) atoms. The van der Waals surface area contributed by atoms with Crippen LogP contribution in [0.1, 0.15) is 31.1 Å². The summed E-state index contributed by atoms with van der Waals surface area (Å²) in [6.45, 7) is 0. The highest BCUT2D eigenvalue weighted by Gasteiger charge is 2.23. The minimum Gasteiger partial charge on any atom is -0.497 e. The maximum atomic E-state index is 13.2. The van der Waals surface area contributed by atoms with Crippen LogP contribution < -0.4 is 14.8 Å². The predicted octanol–water partition coefficient (Wildman–Crippen LogP) is 3.32. The number of carbonyl (C=O) groups is 3. The lowest BCUT2D eigenvalue weighted by Crippen LogP contribution is -2.19. The van der Waals surface area contributed by atoms with E-state index >= 15 is 0 Å². The quantitative estimate of drug-likeness (QED) is 0.451. The Kier molecular flexibility index (Phi) is 7.72. The average Bonchev–Trinajstić information content (AvgIpc) is 2.87. The van der Waals surface area contributed by atoms with Crippen LogP contribution in [0.2, 0.25) is 0 Å². The molecule has 0 spiro atoms. The van der Waals surface area contributed by atoms with Crippen molar-refractivity contribution in [2.24, 2.45) is 0 Å². The zero-order valence-electron chi connectivity index (χ0n) is 19.0. The Morgan fingerprint density at radius 3 is 1.89 bits per heavy atom. The number of esters is 2. The molecule has 0 radical (unpaired) electrons. The zero-order chi connectivity index (χ0) is 25.6. The Bertz CT molecular complexity index is 1330. The molecule has 0 aliphatic heterocycles. The highest BCUT2D eigenvalue weighted by atomic mass is 32.2. The minimum atomic E-state index is -4.34. The summed E-state index contributed by atoms with van der Waals surface area (Å²) in [5.41, 5.74) is 0.176. The molecule has 182 valence electrons. The Morgan fingerprint density at radius 2 is 1.34 bits per heavy atom. The van der Waals surface area contributed by atoms with Gasteiger partial charge in [-0.15, -0.1) is 0 Å². The van der Waals surface area contributed by atoms with E-state index in [0.717, 1.165) is 32.4 Å². The van der Waals surface area contributed by atoms with Gasteiger partial charge < -0.3 is 19.5 Å². The van der Waals surface area contributed by atoms with Gasteiger partial charge in [0.1, 0.15) is 5.75 Å². The molecule has 0 fully saturated rings. The van der Waals surface area contributed by atoms with E-state index in [1.165, 1.54) is 19.2 Å². The highest BCUT2D eigenvalue weighted by Crippen LogP contribution is 2.24. The van der Waals surface area contributed by atoms with Crippen molar-refractivity contribution in [2.75, 3.05) is 31.4 Å². The third-order valence-corrected chi connectivity index (χ3v) is 6.17. The molecule has 0 heterocycles. The SMILES string of the molecule is COC(=O)c1cc(C(=O)OC)cc(S(=O)(=O)Nc2ccccc2C(=O)Nc2ccc(OC)cc2)c1. The van der Waals surface area contributed by atoms with Crippen LogP contribution in [0.25, 0.3) is 0 Å². The van der Waals surface area contributed by atoms with Crippen LogP contribution in [0, 0.1) is 0 Å². The van der Waals surface area contributed by atoms with E-state index in [0.29, 0.717) is 11.4 Å². The van der Waals surface area contributed by atoms with E-state index in [1.807, 2.05) is 0 Å². The second-order valence-corrected chi connectivity index (χ2v) is 8.75. The molecule has 1 amide bonds.